The predicted molar refractivity (Wildman–Crippen MR) is 74.3 cm³/mol. The van der Waals surface area contributed by atoms with Gasteiger partial charge in [-0.15, -0.1) is 0 Å². The largest absolute Gasteiger partial charge is 0.352 e. The van der Waals surface area contributed by atoms with Crippen LogP contribution in [0.1, 0.15) is 47.5 Å². The molecule has 18 heavy (non-hydrogen) atoms. The molecule has 0 N–H and O–H groups in total. The summed E-state index contributed by atoms with van der Waals surface area (Å²) in [6.45, 7) is 13.0. The molecule has 1 saturated heterocycles. The van der Waals surface area contributed by atoms with Gasteiger partial charge < -0.3 is 9.47 Å². The van der Waals surface area contributed by atoms with E-state index in [2.05, 4.69) is 40.7 Å². The summed E-state index contributed by atoms with van der Waals surface area (Å²) in [7, 11) is 0. The molecule has 2 rings (SSSR count). The molecular formula is C16H28O2. The summed E-state index contributed by atoms with van der Waals surface area (Å²) in [4.78, 5) is 0. The molecule has 0 aromatic carbocycles. The Hall–Kier alpha value is -0.340. The first-order valence-corrected chi connectivity index (χ1v) is 7.31. The Balaban J connectivity index is 1.92. The standard InChI is InChI=1S/C16H28O2/c1-11(2)16(5)9-17-15(18-10-16)14-7-12(3)6-13(4)8-14/h6,11-12,14-15H,7-10H2,1-5H3. The summed E-state index contributed by atoms with van der Waals surface area (Å²) in [5.41, 5.74) is 1.67. The Morgan fingerprint density at radius 3 is 2.39 bits per heavy atom. The van der Waals surface area contributed by atoms with E-state index in [0.717, 1.165) is 19.6 Å². The zero-order chi connectivity index (χ0) is 13.3. The summed E-state index contributed by atoms with van der Waals surface area (Å²) in [5, 5.41) is 0. The van der Waals surface area contributed by atoms with Crippen LogP contribution < -0.4 is 0 Å². The second kappa shape index (κ2) is 5.34. The zero-order valence-corrected chi connectivity index (χ0v) is 12.5. The molecule has 2 unspecified atom stereocenters. The predicted octanol–water partition coefficient (Wildman–Crippen LogP) is 4.01. The average Bonchev–Trinajstić information content (AvgIpc) is 2.28. The second-order valence-corrected chi connectivity index (χ2v) is 6.99. The highest BCUT2D eigenvalue weighted by molar-refractivity contribution is 5.06. The summed E-state index contributed by atoms with van der Waals surface area (Å²) in [5.74, 6) is 1.81. The van der Waals surface area contributed by atoms with Crippen LogP contribution in [-0.4, -0.2) is 19.5 Å². The third-order valence-electron chi connectivity index (χ3n) is 4.76. The number of allylic oxidation sites excluding steroid dienone is 2. The minimum Gasteiger partial charge on any atom is -0.352 e. The van der Waals surface area contributed by atoms with Crippen LogP contribution in [0.4, 0.5) is 0 Å². The average molecular weight is 252 g/mol. The van der Waals surface area contributed by atoms with Crippen molar-refractivity contribution in [2.45, 2.75) is 53.8 Å². The molecule has 0 amide bonds. The Labute approximate surface area is 112 Å². The highest BCUT2D eigenvalue weighted by atomic mass is 16.7. The molecular weight excluding hydrogens is 224 g/mol. The SMILES string of the molecule is CC1=CC(C)CC(C2OCC(C)(C(C)C)CO2)C1. The van der Waals surface area contributed by atoms with Crippen molar-refractivity contribution in [3.8, 4) is 0 Å². The highest BCUT2D eigenvalue weighted by Crippen LogP contribution is 2.38. The first-order valence-electron chi connectivity index (χ1n) is 7.31. The molecule has 1 aliphatic heterocycles. The maximum atomic E-state index is 6.04. The maximum absolute atomic E-state index is 6.04. The summed E-state index contributed by atoms with van der Waals surface area (Å²) in [6, 6.07) is 0. The Bertz CT molecular complexity index is 311. The van der Waals surface area contributed by atoms with E-state index in [0.29, 0.717) is 17.8 Å². The topological polar surface area (TPSA) is 18.5 Å². The number of ether oxygens (including phenoxy) is 2. The molecule has 0 radical (unpaired) electrons. The minimum atomic E-state index is 0.0166. The van der Waals surface area contributed by atoms with Crippen LogP contribution in [0.5, 0.6) is 0 Å². The van der Waals surface area contributed by atoms with E-state index in [1.165, 1.54) is 12.0 Å². The lowest BCUT2D eigenvalue weighted by atomic mass is 9.79. The van der Waals surface area contributed by atoms with Gasteiger partial charge in [0.25, 0.3) is 0 Å². The van der Waals surface area contributed by atoms with Crippen LogP contribution in [0.2, 0.25) is 0 Å². The van der Waals surface area contributed by atoms with Gasteiger partial charge in [0.05, 0.1) is 13.2 Å². The molecule has 2 atom stereocenters. The van der Waals surface area contributed by atoms with Crippen LogP contribution in [0.3, 0.4) is 0 Å². The van der Waals surface area contributed by atoms with Gasteiger partial charge in [-0.05, 0) is 31.6 Å². The van der Waals surface area contributed by atoms with Gasteiger partial charge in [0.2, 0.25) is 0 Å². The van der Waals surface area contributed by atoms with Gasteiger partial charge in [-0.1, -0.05) is 39.3 Å². The summed E-state index contributed by atoms with van der Waals surface area (Å²) < 4.78 is 12.1. The normalized spacial score (nSPS) is 41.9. The van der Waals surface area contributed by atoms with E-state index < -0.39 is 0 Å². The Kier molecular flexibility index (Phi) is 4.18. The molecule has 0 aromatic rings. The first kappa shape index (κ1) is 14.1. The molecule has 2 nitrogen and oxygen atoms in total. The lowest BCUT2D eigenvalue weighted by molar-refractivity contribution is -0.256. The fourth-order valence-electron chi connectivity index (χ4n) is 3.04. The maximum Gasteiger partial charge on any atom is 0.160 e. The number of rotatable bonds is 2. The van der Waals surface area contributed by atoms with Gasteiger partial charge in [-0.3, -0.25) is 0 Å². The van der Waals surface area contributed by atoms with Gasteiger partial charge >= 0.3 is 0 Å². The third-order valence-corrected chi connectivity index (χ3v) is 4.76. The lowest BCUT2D eigenvalue weighted by Crippen LogP contribution is -2.46. The van der Waals surface area contributed by atoms with Crippen molar-refractivity contribution in [2.24, 2.45) is 23.2 Å². The molecule has 0 aromatic heterocycles. The van der Waals surface area contributed by atoms with Gasteiger partial charge in [0.15, 0.2) is 6.29 Å². The Morgan fingerprint density at radius 2 is 1.89 bits per heavy atom. The molecule has 0 bridgehead atoms. The molecule has 1 heterocycles. The fourth-order valence-corrected chi connectivity index (χ4v) is 3.04. The van der Waals surface area contributed by atoms with Crippen molar-refractivity contribution in [1.29, 1.82) is 0 Å². The summed E-state index contributed by atoms with van der Waals surface area (Å²) in [6.07, 6.45) is 4.73. The van der Waals surface area contributed by atoms with Gasteiger partial charge in [0.1, 0.15) is 0 Å². The van der Waals surface area contributed by atoms with Crippen molar-refractivity contribution in [2.75, 3.05) is 13.2 Å². The Morgan fingerprint density at radius 1 is 1.28 bits per heavy atom. The molecule has 104 valence electrons. The van der Waals surface area contributed by atoms with Gasteiger partial charge in [0, 0.05) is 11.3 Å². The lowest BCUT2D eigenvalue weighted by Gasteiger charge is -2.43. The molecule has 2 heteroatoms. The minimum absolute atomic E-state index is 0.0166. The van der Waals surface area contributed by atoms with Crippen molar-refractivity contribution < 1.29 is 9.47 Å². The van der Waals surface area contributed by atoms with Crippen LogP contribution in [0.15, 0.2) is 11.6 Å². The van der Waals surface area contributed by atoms with Crippen LogP contribution in [0, 0.1) is 23.2 Å². The van der Waals surface area contributed by atoms with Crippen molar-refractivity contribution in [3.05, 3.63) is 11.6 Å². The quantitative estimate of drug-likeness (QED) is 0.691. The van der Waals surface area contributed by atoms with E-state index >= 15 is 0 Å². The number of hydrogen-bond acceptors (Lipinski definition) is 2. The van der Waals surface area contributed by atoms with E-state index in [9.17, 15) is 0 Å². The molecule has 1 aliphatic carbocycles. The first-order chi connectivity index (χ1) is 8.40. The zero-order valence-electron chi connectivity index (χ0n) is 12.5. The second-order valence-electron chi connectivity index (χ2n) is 6.99. The van der Waals surface area contributed by atoms with E-state index in [1.54, 1.807) is 0 Å². The smallest absolute Gasteiger partial charge is 0.160 e. The molecule has 0 spiro atoms. The van der Waals surface area contributed by atoms with Crippen LogP contribution in [0.25, 0.3) is 0 Å². The van der Waals surface area contributed by atoms with Crippen LogP contribution >= 0.6 is 0 Å². The van der Waals surface area contributed by atoms with Gasteiger partial charge in [-0.2, -0.15) is 0 Å². The monoisotopic (exact) mass is 252 g/mol. The molecule has 2 aliphatic rings. The van der Waals surface area contributed by atoms with E-state index in [-0.39, 0.29) is 11.7 Å². The number of hydrogen-bond donors (Lipinski definition) is 0. The van der Waals surface area contributed by atoms with Crippen LogP contribution in [-0.2, 0) is 9.47 Å². The van der Waals surface area contributed by atoms with E-state index in [4.69, 9.17) is 9.47 Å². The van der Waals surface area contributed by atoms with Crippen molar-refractivity contribution in [1.82, 2.24) is 0 Å². The molecule has 1 fully saturated rings. The molecule has 0 saturated carbocycles. The van der Waals surface area contributed by atoms with E-state index in [1.807, 2.05) is 0 Å². The highest BCUT2D eigenvalue weighted by Gasteiger charge is 2.38. The van der Waals surface area contributed by atoms with Gasteiger partial charge in [-0.25, -0.2) is 0 Å². The third kappa shape index (κ3) is 2.97. The van der Waals surface area contributed by atoms with Crippen molar-refractivity contribution in [3.63, 3.8) is 0 Å². The van der Waals surface area contributed by atoms with Crippen molar-refractivity contribution >= 4 is 0 Å². The summed E-state index contributed by atoms with van der Waals surface area (Å²) >= 11 is 0. The fraction of sp³-hybridized carbons (Fsp3) is 0.875.